The van der Waals surface area contributed by atoms with Gasteiger partial charge in [0.1, 0.15) is 11.5 Å². The van der Waals surface area contributed by atoms with Gasteiger partial charge in [-0.05, 0) is 68.0 Å². The first-order valence-corrected chi connectivity index (χ1v) is 9.27. The number of nitrogens with one attached hydrogen (secondary N) is 1. The standard InChI is InChI=1S/C22H29NO3/c1-4-12-25-21-10-6-5-8-19(21)9-7-11-23-22(24)16-26-20-14-17(2)13-18(3)15-20/h5-6,8,10,13-15H,4,7,9,11-12,16H2,1-3H3,(H,23,24). The molecule has 0 heterocycles. The fourth-order valence-electron chi connectivity index (χ4n) is 2.79. The molecule has 0 saturated heterocycles. The van der Waals surface area contributed by atoms with Crippen molar-refractivity contribution in [1.82, 2.24) is 5.32 Å². The number of ether oxygens (including phenoxy) is 2. The lowest BCUT2D eigenvalue weighted by molar-refractivity contribution is -0.123. The van der Waals surface area contributed by atoms with Crippen molar-refractivity contribution in [1.29, 1.82) is 0 Å². The fourth-order valence-corrected chi connectivity index (χ4v) is 2.79. The Bertz CT molecular complexity index is 692. The zero-order valence-corrected chi connectivity index (χ0v) is 16.0. The number of amides is 1. The summed E-state index contributed by atoms with van der Waals surface area (Å²) in [6.45, 7) is 7.52. The molecule has 26 heavy (non-hydrogen) atoms. The highest BCUT2D eigenvalue weighted by Gasteiger charge is 2.05. The maximum Gasteiger partial charge on any atom is 0.257 e. The molecule has 4 heteroatoms. The van der Waals surface area contributed by atoms with Crippen molar-refractivity contribution in [2.24, 2.45) is 0 Å². The smallest absolute Gasteiger partial charge is 0.257 e. The van der Waals surface area contributed by atoms with E-state index in [0.717, 1.165) is 48.5 Å². The van der Waals surface area contributed by atoms with Crippen molar-refractivity contribution >= 4 is 5.91 Å². The normalized spacial score (nSPS) is 10.4. The molecule has 0 bridgehead atoms. The molecule has 4 nitrogen and oxygen atoms in total. The molecule has 0 fully saturated rings. The van der Waals surface area contributed by atoms with Gasteiger partial charge >= 0.3 is 0 Å². The minimum Gasteiger partial charge on any atom is -0.493 e. The zero-order valence-electron chi connectivity index (χ0n) is 16.0. The van der Waals surface area contributed by atoms with Crippen molar-refractivity contribution in [2.75, 3.05) is 19.8 Å². The Morgan fingerprint density at radius 2 is 1.77 bits per heavy atom. The lowest BCUT2D eigenvalue weighted by Gasteiger charge is -2.11. The third-order valence-corrected chi connectivity index (χ3v) is 3.94. The van der Waals surface area contributed by atoms with Crippen LogP contribution in [-0.4, -0.2) is 25.7 Å². The second kappa shape index (κ2) is 10.5. The minimum absolute atomic E-state index is 0.0408. The third-order valence-electron chi connectivity index (χ3n) is 3.94. The predicted molar refractivity (Wildman–Crippen MR) is 105 cm³/mol. The monoisotopic (exact) mass is 355 g/mol. The van der Waals surface area contributed by atoms with E-state index in [1.54, 1.807) is 0 Å². The molecule has 2 aromatic carbocycles. The quantitative estimate of drug-likeness (QED) is 0.649. The Balaban J connectivity index is 1.70. The number of para-hydroxylation sites is 1. The molecule has 0 aliphatic rings. The largest absolute Gasteiger partial charge is 0.493 e. The number of carbonyl (C=O) groups excluding carboxylic acids is 1. The number of hydrogen-bond acceptors (Lipinski definition) is 3. The van der Waals surface area contributed by atoms with Crippen molar-refractivity contribution in [3.05, 3.63) is 59.2 Å². The molecule has 2 rings (SSSR count). The highest BCUT2D eigenvalue weighted by molar-refractivity contribution is 5.77. The molecular formula is C22H29NO3. The lowest BCUT2D eigenvalue weighted by Crippen LogP contribution is -2.29. The van der Waals surface area contributed by atoms with Crippen LogP contribution in [0.5, 0.6) is 11.5 Å². The summed E-state index contributed by atoms with van der Waals surface area (Å²) < 4.78 is 11.3. The minimum atomic E-state index is -0.0975. The Morgan fingerprint density at radius 1 is 1.04 bits per heavy atom. The first-order valence-electron chi connectivity index (χ1n) is 9.27. The van der Waals surface area contributed by atoms with Crippen LogP contribution in [0, 0.1) is 13.8 Å². The Hall–Kier alpha value is -2.49. The number of rotatable bonds is 10. The fraction of sp³-hybridized carbons (Fsp3) is 0.409. The summed E-state index contributed by atoms with van der Waals surface area (Å²) in [7, 11) is 0. The molecule has 0 aliphatic heterocycles. The molecular weight excluding hydrogens is 326 g/mol. The van der Waals surface area contributed by atoms with E-state index in [4.69, 9.17) is 9.47 Å². The average Bonchev–Trinajstić information content (AvgIpc) is 2.62. The summed E-state index contributed by atoms with van der Waals surface area (Å²) in [5, 5.41) is 2.91. The van der Waals surface area contributed by atoms with Crippen LogP contribution in [-0.2, 0) is 11.2 Å². The van der Waals surface area contributed by atoms with Crippen LogP contribution in [0.4, 0.5) is 0 Å². The van der Waals surface area contributed by atoms with Gasteiger partial charge in [-0.1, -0.05) is 31.2 Å². The van der Waals surface area contributed by atoms with Crippen LogP contribution in [0.3, 0.4) is 0 Å². The van der Waals surface area contributed by atoms with Gasteiger partial charge in [-0.25, -0.2) is 0 Å². The van der Waals surface area contributed by atoms with E-state index in [1.807, 2.05) is 44.2 Å². The van der Waals surface area contributed by atoms with Gasteiger partial charge < -0.3 is 14.8 Å². The van der Waals surface area contributed by atoms with Crippen LogP contribution >= 0.6 is 0 Å². The predicted octanol–water partition coefficient (Wildman–Crippen LogP) is 4.22. The molecule has 0 spiro atoms. The lowest BCUT2D eigenvalue weighted by atomic mass is 10.1. The van der Waals surface area contributed by atoms with Crippen LogP contribution in [0.2, 0.25) is 0 Å². The zero-order chi connectivity index (χ0) is 18.8. The molecule has 2 aromatic rings. The van der Waals surface area contributed by atoms with E-state index in [1.165, 1.54) is 5.56 Å². The highest BCUT2D eigenvalue weighted by atomic mass is 16.5. The van der Waals surface area contributed by atoms with Gasteiger partial charge in [-0.3, -0.25) is 4.79 Å². The number of hydrogen-bond donors (Lipinski definition) is 1. The molecule has 1 amide bonds. The van der Waals surface area contributed by atoms with E-state index in [2.05, 4.69) is 24.4 Å². The molecule has 0 radical (unpaired) electrons. The van der Waals surface area contributed by atoms with Crippen molar-refractivity contribution in [3.63, 3.8) is 0 Å². The summed E-state index contributed by atoms with van der Waals surface area (Å²) in [6, 6.07) is 14.0. The van der Waals surface area contributed by atoms with Crippen molar-refractivity contribution in [3.8, 4) is 11.5 Å². The van der Waals surface area contributed by atoms with Gasteiger partial charge in [0.15, 0.2) is 6.61 Å². The molecule has 0 saturated carbocycles. The first kappa shape index (κ1) is 19.8. The van der Waals surface area contributed by atoms with Gasteiger partial charge in [0.25, 0.3) is 5.91 Å². The van der Waals surface area contributed by atoms with E-state index in [0.29, 0.717) is 6.54 Å². The van der Waals surface area contributed by atoms with E-state index >= 15 is 0 Å². The highest BCUT2D eigenvalue weighted by Crippen LogP contribution is 2.19. The second-order valence-corrected chi connectivity index (χ2v) is 6.52. The molecule has 1 N–H and O–H groups in total. The molecule has 140 valence electrons. The molecule has 0 unspecified atom stereocenters. The van der Waals surface area contributed by atoms with Crippen LogP contribution in [0.1, 0.15) is 36.5 Å². The maximum absolute atomic E-state index is 11.9. The SMILES string of the molecule is CCCOc1ccccc1CCCNC(=O)COc1cc(C)cc(C)c1. The summed E-state index contributed by atoms with van der Waals surface area (Å²) in [5.41, 5.74) is 3.44. The Kier molecular flexibility index (Phi) is 8.00. The average molecular weight is 355 g/mol. The first-order chi connectivity index (χ1) is 12.6. The van der Waals surface area contributed by atoms with Crippen LogP contribution in [0.15, 0.2) is 42.5 Å². The van der Waals surface area contributed by atoms with Gasteiger partial charge in [0, 0.05) is 6.54 Å². The van der Waals surface area contributed by atoms with E-state index < -0.39 is 0 Å². The Labute approximate surface area is 156 Å². The Morgan fingerprint density at radius 3 is 2.50 bits per heavy atom. The summed E-state index contributed by atoms with van der Waals surface area (Å²) in [5.74, 6) is 1.58. The van der Waals surface area contributed by atoms with Crippen molar-refractivity contribution in [2.45, 2.75) is 40.0 Å². The van der Waals surface area contributed by atoms with E-state index in [9.17, 15) is 4.79 Å². The summed E-state index contributed by atoms with van der Waals surface area (Å²) in [6.07, 6.45) is 2.73. The number of aryl methyl sites for hydroxylation is 3. The second-order valence-electron chi connectivity index (χ2n) is 6.52. The number of benzene rings is 2. The summed E-state index contributed by atoms with van der Waals surface area (Å²) in [4.78, 5) is 11.9. The maximum atomic E-state index is 11.9. The van der Waals surface area contributed by atoms with Crippen molar-refractivity contribution < 1.29 is 14.3 Å². The van der Waals surface area contributed by atoms with Gasteiger partial charge in [0.2, 0.25) is 0 Å². The van der Waals surface area contributed by atoms with Crippen LogP contribution < -0.4 is 14.8 Å². The molecule has 0 aliphatic carbocycles. The topological polar surface area (TPSA) is 47.6 Å². The van der Waals surface area contributed by atoms with Gasteiger partial charge in [-0.15, -0.1) is 0 Å². The molecule has 0 aromatic heterocycles. The van der Waals surface area contributed by atoms with Gasteiger partial charge in [-0.2, -0.15) is 0 Å². The number of carbonyl (C=O) groups is 1. The third kappa shape index (κ3) is 6.79. The van der Waals surface area contributed by atoms with E-state index in [-0.39, 0.29) is 12.5 Å². The van der Waals surface area contributed by atoms with Crippen LogP contribution in [0.25, 0.3) is 0 Å². The summed E-state index contributed by atoms with van der Waals surface area (Å²) >= 11 is 0. The molecule has 0 atom stereocenters. The van der Waals surface area contributed by atoms with Gasteiger partial charge in [0.05, 0.1) is 6.61 Å².